The Morgan fingerprint density at radius 1 is 1.62 bits per heavy atom. The maximum atomic E-state index is 11.0. The van der Waals surface area contributed by atoms with Crippen LogP contribution in [0.25, 0.3) is 0 Å². The van der Waals surface area contributed by atoms with E-state index in [-0.39, 0.29) is 12.0 Å². The molecule has 0 aromatic rings. The maximum Gasteiger partial charge on any atom is 0.217 e. The highest BCUT2D eigenvalue weighted by molar-refractivity contribution is 5.73. The number of aliphatic hydroxyl groups is 1. The molecule has 2 heterocycles. The van der Waals surface area contributed by atoms with Crippen molar-refractivity contribution in [1.29, 1.82) is 0 Å². The van der Waals surface area contributed by atoms with Gasteiger partial charge in [-0.1, -0.05) is 0 Å². The third kappa shape index (κ3) is 2.06. The van der Waals surface area contributed by atoms with Gasteiger partial charge in [-0.2, -0.15) is 0 Å². The van der Waals surface area contributed by atoms with Crippen LogP contribution in [0.5, 0.6) is 0 Å². The van der Waals surface area contributed by atoms with Crippen LogP contribution in [-0.4, -0.2) is 54.9 Å². The molecular weight excluding hydrogens is 214 g/mol. The molecule has 6 nitrogen and oxygen atoms in total. The Bertz CT molecular complexity index is 272. The van der Waals surface area contributed by atoms with E-state index in [0.717, 1.165) is 0 Å². The van der Waals surface area contributed by atoms with Gasteiger partial charge in [-0.3, -0.25) is 4.79 Å². The van der Waals surface area contributed by atoms with E-state index in [1.54, 1.807) is 0 Å². The van der Waals surface area contributed by atoms with Crippen molar-refractivity contribution in [3.63, 3.8) is 0 Å². The van der Waals surface area contributed by atoms with Crippen LogP contribution in [0.1, 0.15) is 13.8 Å². The minimum atomic E-state index is -0.796. The van der Waals surface area contributed by atoms with Gasteiger partial charge in [-0.05, 0) is 6.92 Å². The molecule has 5 atom stereocenters. The highest BCUT2D eigenvalue weighted by Gasteiger charge is 2.50. The standard InChI is InChI=1S/C10H17NO5/c1-3-14-9-6-4-15-10(16-6)7(8(9)13)11-5(2)12/h6-10,13H,3-4H2,1-2H3,(H,11,12)/t6-,7+,8-,9-,10-/m1/s1. The smallest absolute Gasteiger partial charge is 0.217 e. The lowest BCUT2D eigenvalue weighted by Gasteiger charge is -2.37. The van der Waals surface area contributed by atoms with Gasteiger partial charge in [-0.15, -0.1) is 0 Å². The molecule has 2 bridgehead atoms. The molecular formula is C10H17NO5. The zero-order chi connectivity index (χ0) is 11.7. The first-order valence-electron chi connectivity index (χ1n) is 5.47. The molecule has 6 heteroatoms. The van der Waals surface area contributed by atoms with Crippen molar-refractivity contribution in [3.8, 4) is 0 Å². The van der Waals surface area contributed by atoms with Gasteiger partial charge in [0.15, 0.2) is 6.29 Å². The van der Waals surface area contributed by atoms with Gasteiger partial charge in [0.2, 0.25) is 5.91 Å². The number of carbonyl (C=O) groups is 1. The Hall–Kier alpha value is -0.690. The molecule has 2 rings (SSSR count). The molecule has 2 N–H and O–H groups in total. The second-order valence-corrected chi connectivity index (χ2v) is 4.01. The normalized spacial score (nSPS) is 42.1. The van der Waals surface area contributed by atoms with Gasteiger partial charge in [0.05, 0.1) is 6.61 Å². The first-order chi connectivity index (χ1) is 7.63. The summed E-state index contributed by atoms with van der Waals surface area (Å²) in [5.41, 5.74) is 0. The number of carbonyl (C=O) groups excluding carboxylic acids is 1. The second-order valence-electron chi connectivity index (χ2n) is 4.01. The third-order valence-corrected chi connectivity index (χ3v) is 2.83. The molecule has 0 spiro atoms. The van der Waals surface area contributed by atoms with Crippen molar-refractivity contribution in [2.24, 2.45) is 0 Å². The summed E-state index contributed by atoms with van der Waals surface area (Å²) in [7, 11) is 0. The highest BCUT2D eigenvalue weighted by atomic mass is 16.7. The monoisotopic (exact) mass is 231 g/mol. The Morgan fingerprint density at radius 2 is 2.38 bits per heavy atom. The lowest BCUT2D eigenvalue weighted by atomic mass is 9.98. The van der Waals surface area contributed by atoms with Crippen LogP contribution in [0.15, 0.2) is 0 Å². The first kappa shape index (κ1) is 11.8. The molecule has 0 saturated carbocycles. The van der Waals surface area contributed by atoms with Crippen LogP contribution in [0.4, 0.5) is 0 Å². The Labute approximate surface area is 93.9 Å². The minimum Gasteiger partial charge on any atom is -0.388 e. The van der Waals surface area contributed by atoms with Gasteiger partial charge >= 0.3 is 0 Å². The van der Waals surface area contributed by atoms with Crippen LogP contribution in [0.3, 0.4) is 0 Å². The SMILES string of the molecule is CCO[C@H]1[C@H](O)[C@H](NC(C)=O)[C@@H]2OC[C@H]1O2. The lowest BCUT2D eigenvalue weighted by Crippen LogP contribution is -2.61. The maximum absolute atomic E-state index is 11.0. The zero-order valence-corrected chi connectivity index (χ0v) is 9.38. The van der Waals surface area contributed by atoms with Crippen molar-refractivity contribution < 1.29 is 24.1 Å². The number of rotatable bonds is 3. The summed E-state index contributed by atoms with van der Waals surface area (Å²) in [6.45, 7) is 4.12. The summed E-state index contributed by atoms with van der Waals surface area (Å²) in [4.78, 5) is 11.0. The number of hydrogen-bond donors (Lipinski definition) is 2. The number of fused-ring (bicyclic) bond motifs is 2. The first-order valence-corrected chi connectivity index (χ1v) is 5.47. The van der Waals surface area contributed by atoms with Gasteiger partial charge in [0.1, 0.15) is 24.4 Å². The van der Waals surface area contributed by atoms with E-state index in [1.165, 1.54) is 6.92 Å². The molecule has 92 valence electrons. The third-order valence-electron chi connectivity index (χ3n) is 2.83. The van der Waals surface area contributed by atoms with E-state index < -0.39 is 24.5 Å². The van der Waals surface area contributed by atoms with Crippen molar-refractivity contribution in [2.75, 3.05) is 13.2 Å². The predicted molar refractivity (Wildman–Crippen MR) is 53.6 cm³/mol. The summed E-state index contributed by atoms with van der Waals surface area (Å²) in [5.74, 6) is -0.225. The highest BCUT2D eigenvalue weighted by Crippen LogP contribution is 2.29. The summed E-state index contributed by atoms with van der Waals surface area (Å²) >= 11 is 0. The molecule has 2 aliphatic heterocycles. The van der Waals surface area contributed by atoms with E-state index in [4.69, 9.17) is 14.2 Å². The van der Waals surface area contributed by atoms with Gasteiger partial charge in [0, 0.05) is 13.5 Å². The van der Waals surface area contributed by atoms with Gasteiger partial charge < -0.3 is 24.6 Å². The quantitative estimate of drug-likeness (QED) is 0.652. The van der Waals surface area contributed by atoms with E-state index >= 15 is 0 Å². The molecule has 0 aromatic carbocycles. The van der Waals surface area contributed by atoms with Crippen LogP contribution >= 0.6 is 0 Å². The number of nitrogens with one attached hydrogen (secondary N) is 1. The van der Waals surface area contributed by atoms with Gasteiger partial charge in [0.25, 0.3) is 0 Å². The van der Waals surface area contributed by atoms with Crippen LogP contribution in [0.2, 0.25) is 0 Å². The number of hydrogen-bond acceptors (Lipinski definition) is 5. The fourth-order valence-electron chi connectivity index (χ4n) is 2.17. The number of aliphatic hydroxyl groups excluding tert-OH is 1. The van der Waals surface area contributed by atoms with E-state index in [0.29, 0.717) is 13.2 Å². The molecule has 2 fully saturated rings. The van der Waals surface area contributed by atoms with Crippen LogP contribution in [0, 0.1) is 0 Å². The van der Waals surface area contributed by atoms with E-state index in [2.05, 4.69) is 5.32 Å². The molecule has 2 saturated heterocycles. The fourth-order valence-corrected chi connectivity index (χ4v) is 2.17. The van der Waals surface area contributed by atoms with E-state index in [1.807, 2.05) is 6.92 Å². The van der Waals surface area contributed by atoms with Crippen molar-refractivity contribution in [1.82, 2.24) is 5.32 Å². The average Bonchev–Trinajstić information content (AvgIpc) is 2.65. The Balaban J connectivity index is 2.09. The lowest BCUT2D eigenvalue weighted by molar-refractivity contribution is -0.199. The molecule has 0 radical (unpaired) electrons. The molecule has 2 aliphatic rings. The molecule has 16 heavy (non-hydrogen) atoms. The largest absolute Gasteiger partial charge is 0.388 e. The average molecular weight is 231 g/mol. The number of ether oxygens (including phenoxy) is 3. The molecule has 0 unspecified atom stereocenters. The summed E-state index contributed by atoms with van der Waals surface area (Å²) in [6, 6.07) is -0.562. The molecule has 1 amide bonds. The minimum absolute atomic E-state index is 0.225. The van der Waals surface area contributed by atoms with Crippen molar-refractivity contribution in [3.05, 3.63) is 0 Å². The van der Waals surface area contributed by atoms with Gasteiger partial charge in [-0.25, -0.2) is 0 Å². The zero-order valence-electron chi connectivity index (χ0n) is 9.38. The summed E-state index contributed by atoms with van der Waals surface area (Å²) in [5, 5.41) is 12.7. The molecule has 0 aliphatic carbocycles. The molecule has 0 aromatic heterocycles. The predicted octanol–water partition coefficient (Wildman–Crippen LogP) is -0.988. The Kier molecular flexibility index (Phi) is 3.44. The number of amides is 1. The fraction of sp³-hybridized carbons (Fsp3) is 0.900. The second kappa shape index (κ2) is 4.67. The topological polar surface area (TPSA) is 77.0 Å². The van der Waals surface area contributed by atoms with Crippen LogP contribution < -0.4 is 5.32 Å². The summed E-state index contributed by atoms with van der Waals surface area (Å²) < 4.78 is 16.3. The van der Waals surface area contributed by atoms with E-state index in [9.17, 15) is 9.90 Å². The Morgan fingerprint density at radius 3 is 3.00 bits per heavy atom. The van der Waals surface area contributed by atoms with Crippen LogP contribution in [-0.2, 0) is 19.0 Å². The summed E-state index contributed by atoms with van der Waals surface area (Å²) in [6.07, 6.45) is -2.05. The van der Waals surface area contributed by atoms with Crippen molar-refractivity contribution >= 4 is 5.91 Å². The van der Waals surface area contributed by atoms with Crippen molar-refractivity contribution in [2.45, 2.75) is 44.5 Å².